The van der Waals surface area contributed by atoms with E-state index in [4.69, 9.17) is 25.5 Å². The van der Waals surface area contributed by atoms with Gasteiger partial charge in [-0.3, -0.25) is 9.13 Å². The second-order valence-electron chi connectivity index (χ2n) is 16.4. The summed E-state index contributed by atoms with van der Waals surface area (Å²) in [6.07, 6.45) is 1.97. The number of para-hydroxylation sites is 3. The molecule has 320 valence electrons. The van der Waals surface area contributed by atoms with E-state index in [0.29, 0.717) is 30.3 Å². The average Bonchev–Trinajstić information content (AvgIpc) is 3.91. The van der Waals surface area contributed by atoms with Crippen LogP contribution in [0.1, 0.15) is 33.1 Å². The second kappa shape index (κ2) is 18.7. The van der Waals surface area contributed by atoms with Crippen molar-refractivity contribution >= 4 is 65.2 Å². The molecule has 0 radical (unpaired) electrons. The van der Waals surface area contributed by atoms with Crippen molar-refractivity contribution in [2.45, 2.75) is 33.1 Å². The predicted molar refractivity (Wildman–Crippen MR) is 276 cm³/mol. The lowest BCUT2D eigenvalue weighted by Gasteiger charge is -2.14. The summed E-state index contributed by atoms with van der Waals surface area (Å²) < 4.78 is 4.86. The maximum atomic E-state index is 7.80. The van der Waals surface area contributed by atoms with Crippen LogP contribution in [0.2, 0.25) is 0 Å². The quantitative estimate of drug-likeness (QED) is 0.123. The summed E-state index contributed by atoms with van der Waals surface area (Å²) in [7, 11) is 0. The smallest absolute Gasteiger partial charge is 0.164 e. The molecular formula is C60H45N7. The number of unbranched alkanes of at least 4 members (excludes halogenated alkanes) is 1. The average molecular weight is 864 g/mol. The summed E-state index contributed by atoms with van der Waals surface area (Å²) in [5.41, 5.74) is 8.69. The third-order valence-corrected chi connectivity index (χ3v) is 11.9. The third-order valence-electron chi connectivity index (χ3n) is 11.9. The van der Waals surface area contributed by atoms with Crippen LogP contribution in [0.3, 0.4) is 0 Å². The van der Waals surface area contributed by atoms with E-state index in [1.54, 1.807) is 0 Å². The lowest BCUT2D eigenvalue weighted by atomic mass is 9.96. The molecule has 0 aliphatic heterocycles. The van der Waals surface area contributed by atoms with Gasteiger partial charge >= 0.3 is 0 Å². The van der Waals surface area contributed by atoms with Gasteiger partial charge in [0.1, 0.15) is 5.65 Å². The molecule has 12 rings (SSSR count). The summed E-state index contributed by atoms with van der Waals surface area (Å²) in [5.74, 6) is 1.96. The van der Waals surface area contributed by atoms with Crippen LogP contribution in [-0.4, -0.2) is 24.1 Å². The molecule has 7 heteroatoms. The van der Waals surface area contributed by atoms with Gasteiger partial charge in [-0.15, -0.1) is 0 Å². The molecule has 0 unspecified atom stereocenters. The van der Waals surface area contributed by atoms with Crippen LogP contribution in [-0.2, 0) is 0 Å². The highest BCUT2D eigenvalue weighted by Gasteiger charge is 2.22. The fraction of sp³-hybridized carbons (Fsp3) is 0.0833. The maximum absolute atomic E-state index is 7.80. The van der Waals surface area contributed by atoms with E-state index in [1.807, 2.05) is 72.8 Å². The fourth-order valence-electron chi connectivity index (χ4n) is 9.00. The van der Waals surface area contributed by atoms with Gasteiger partial charge in [0.15, 0.2) is 17.5 Å². The molecule has 3 heterocycles. The first-order valence-electron chi connectivity index (χ1n) is 22.7. The summed E-state index contributed by atoms with van der Waals surface area (Å²) >= 11 is 0. The normalized spacial score (nSPS) is 11.0. The number of hydrogen-bond donors (Lipinski definition) is 0. The van der Waals surface area contributed by atoms with Gasteiger partial charge < -0.3 is 0 Å². The monoisotopic (exact) mass is 863 g/mol. The van der Waals surface area contributed by atoms with E-state index in [0.717, 1.165) is 33.5 Å². The van der Waals surface area contributed by atoms with Crippen molar-refractivity contribution in [3.8, 4) is 57.7 Å². The molecule has 0 spiro atoms. The zero-order valence-corrected chi connectivity index (χ0v) is 37.3. The first-order chi connectivity index (χ1) is 33.1. The first-order valence-corrected chi connectivity index (χ1v) is 22.7. The minimum atomic E-state index is 0.358. The maximum Gasteiger partial charge on any atom is 0.164 e. The van der Waals surface area contributed by atoms with Gasteiger partial charge in [0.2, 0.25) is 0 Å². The Morgan fingerprint density at radius 3 is 1.33 bits per heavy atom. The van der Waals surface area contributed by atoms with Crippen molar-refractivity contribution < 1.29 is 0 Å². The standard InChI is InChI=1S/C53H33N5.C4H4N2.C3H8/c1-4-14-34(15-5-1)50-54-51(35-16-6-2-7-17-35)56-52(55-50)38-26-28-41-36(32-38)24-29-44-42-31-27-40(33-37(42)25-30-43(41)44)58-48-23-13-11-21-46(48)49-45-20-10-12-22-47(45)57(53(49)58)39-18-8-3-9-19-39;5-3-1-2-4-6;1-3-2/h1-33H;1-2H2;3H2,1-2H3. The predicted octanol–water partition coefficient (Wildman–Crippen LogP) is 15.6. The van der Waals surface area contributed by atoms with Crippen molar-refractivity contribution in [2.24, 2.45) is 0 Å². The summed E-state index contributed by atoms with van der Waals surface area (Å²) in [4.78, 5) is 14.9. The molecule has 67 heavy (non-hydrogen) atoms. The minimum Gasteiger partial charge on any atom is -0.295 e. The Morgan fingerprint density at radius 2 is 0.806 bits per heavy atom. The Morgan fingerprint density at radius 1 is 0.388 bits per heavy atom. The van der Waals surface area contributed by atoms with E-state index in [2.05, 4.69) is 163 Å². The molecule has 0 saturated heterocycles. The van der Waals surface area contributed by atoms with Gasteiger partial charge in [-0.25, -0.2) is 15.0 Å². The molecule has 0 bridgehead atoms. The van der Waals surface area contributed by atoms with E-state index in [-0.39, 0.29) is 0 Å². The lowest BCUT2D eigenvalue weighted by Crippen LogP contribution is -2.01. The Labute approximate surface area is 389 Å². The molecular weight excluding hydrogens is 819 g/mol. The molecule has 3 aromatic heterocycles. The molecule has 7 nitrogen and oxygen atoms in total. The Hall–Kier alpha value is -8.91. The van der Waals surface area contributed by atoms with Crippen LogP contribution >= 0.6 is 0 Å². The largest absolute Gasteiger partial charge is 0.295 e. The highest BCUT2D eigenvalue weighted by atomic mass is 15.1. The van der Waals surface area contributed by atoms with Gasteiger partial charge in [0.25, 0.3) is 0 Å². The number of hydrogen-bond acceptors (Lipinski definition) is 5. The molecule has 9 aromatic carbocycles. The molecule has 0 saturated carbocycles. The van der Waals surface area contributed by atoms with E-state index in [1.165, 1.54) is 66.2 Å². The molecule has 0 N–H and O–H groups in total. The van der Waals surface area contributed by atoms with Crippen molar-refractivity contribution in [3.63, 3.8) is 0 Å². The number of aromatic nitrogens is 5. The van der Waals surface area contributed by atoms with Gasteiger partial charge in [-0.2, -0.15) is 10.5 Å². The first kappa shape index (κ1) is 42.1. The van der Waals surface area contributed by atoms with E-state index < -0.39 is 0 Å². The van der Waals surface area contributed by atoms with Gasteiger partial charge in [-0.05, 0) is 74.8 Å². The van der Waals surface area contributed by atoms with Gasteiger partial charge in [0.05, 0.1) is 23.2 Å². The second-order valence-corrected chi connectivity index (χ2v) is 16.4. The third kappa shape index (κ3) is 7.90. The van der Waals surface area contributed by atoms with Crippen LogP contribution in [0.5, 0.6) is 0 Å². The highest BCUT2D eigenvalue weighted by Crippen LogP contribution is 2.42. The summed E-state index contributed by atoms with van der Waals surface area (Å²) in [6.45, 7) is 4.25. The summed E-state index contributed by atoms with van der Waals surface area (Å²) in [5, 5.41) is 26.6. The van der Waals surface area contributed by atoms with Crippen LogP contribution in [0.25, 0.3) is 111 Å². The van der Waals surface area contributed by atoms with Crippen molar-refractivity contribution in [1.29, 1.82) is 10.5 Å². The van der Waals surface area contributed by atoms with E-state index in [9.17, 15) is 0 Å². The van der Waals surface area contributed by atoms with Crippen LogP contribution in [0.4, 0.5) is 0 Å². The Balaban J connectivity index is 0.000000538. The number of fused-ring (bicyclic) bond motifs is 10. The SMILES string of the molecule is CCC.N#CCCC#N.c1ccc(-c2nc(-c3ccccc3)nc(-c3ccc4c(ccc5c6ccc(-n7c8ccccc8c8c9ccccc9n(-c9ccccc9)c87)cc6ccc45)c3)n2)cc1. The van der Waals surface area contributed by atoms with Crippen LogP contribution in [0, 0.1) is 22.7 Å². The lowest BCUT2D eigenvalue weighted by molar-refractivity contribution is 1.07. The van der Waals surface area contributed by atoms with Gasteiger partial charge in [-0.1, -0.05) is 178 Å². The molecule has 0 aliphatic carbocycles. The Bertz CT molecular complexity index is 3750. The molecule has 0 aliphatic rings. The van der Waals surface area contributed by atoms with Gasteiger partial charge in [0, 0.05) is 57.1 Å². The Kier molecular flexibility index (Phi) is 11.7. The number of rotatable bonds is 6. The summed E-state index contributed by atoms with van der Waals surface area (Å²) in [6, 6.07) is 74.7. The van der Waals surface area contributed by atoms with E-state index >= 15 is 0 Å². The topological polar surface area (TPSA) is 96.1 Å². The number of benzene rings is 9. The zero-order valence-electron chi connectivity index (χ0n) is 37.3. The van der Waals surface area contributed by atoms with Crippen molar-refractivity contribution in [1.82, 2.24) is 24.1 Å². The van der Waals surface area contributed by atoms with Crippen molar-refractivity contribution in [3.05, 3.63) is 200 Å². The van der Waals surface area contributed by atoms with Crippen molar-refractivity contribution in [2.75, 3.05) is 0 Å². The fourth-order valence-corrected chi connectivity index (χ4v) is 9.00. The molecule has 0 atom stereocenters. The molecule has 0 amide bonds. The molecule has 0 fully saturated rings. The number of nitriles is 2. The molecule has 12 aromatic rings. The number of nitrogens with zero attached hydrogens (tertiary/aromatic N) is 7. The zero-order chi connectivity index (χ0) is 45.7. The highest BCUT2D eigenvalue weighted by molar-refractivity contribution is 6.23. The van der Waals surface area contributed by atoms with Crippen LogP contribution < -0.4 is 0 Å². The van der Waals surface area contributed by atoms with Crippen LogP contribution in [0.15, 0.2) is 200 Å². The minimum absolute atomic E-state index is 0.358.